The van der Waals surface area contributed by atoms with Crippen LogP contribution in [0.5, 0.6) is 5.75 Å². The molecule has 1 aliphatic rings. The number of pyridine rings is 1. The van der Waals surface area contributed by atoms with E-state index in [1.54, 1.807) is 27.5 Å². The van der Waals surface area contributed by atoms with Gasteiger partial charge in [0, 0.05) is 26.0 Å². The van der Waals surface area contributed by atoms with Crippen molar-refractivity contribution in [2.45, 2.75) is 51.6 Å². The molecular formula is C24H28F3N7O3. The highest BCUT2D eigenvalue weighted by atomic mass is 19.4. The molecule has 13 heteroatoms. The van der Waals surface area contributed by atoms with E-state index in [9.17, 15) is 13.2 Å². The van der Waals surface area contributed by atoms with Crippen LogP contribution in [-0.2, 0) is 15.7 Å². The monoisotopic (exact) mass is 519 g/mol. The van der Waals surface area contributed by atoms with Crippen LogP contribution in [0.3, 0.4) is 0 Å². The largest absolute Gasteiger partial charge is 0.492 e. The van der Waals surface area contributed by atoms with Crippen molar-refractivity contribution in [3.8, 4) is 17.1 Å². The molecule has 37 heavy (non-hydrogen) atoms. The highest BCUT2D eigenvalue weighted by Gasteiger charge is 2.38. The molecule has 0 bridgehead atoms. The molecule has 1 unspecified atom stereocenters. The molecule has 0 aromatic carbocycles. The quantitative estimate of drug-likeness (QED) is 0.358. The zero-order valence-electron chi connectivity index (χ0n) is 20.7. The van der Waals surface area contributed by atoms with E-state index in [0.29, 0.717) is 48.5 Å². The molecule has 4 aromatic heterocycles. The van der Waals surface area contributed by atoms with Crippen LogP contribution in [-0.4, -0.2) is 62.3 Å². The van der Waals surface area contributed by atoms with E-state index in [4.69, 9.17) is 14.2 Å². The number of anilines is 1. The van der Waals surface area contributed by atoms with Gasteiger partial charge in [-0.15, -0.1) is 5.10 Å². The van der Waals surface area contributed by atoms with Crippen molar-refractivity contribution in [3.63, 3.8) is 0 Å². The summed E-state index contributed by atoms with van der Waals surface area (Å²) < 4.78 is 62.3. The first-order chi connectivity index (χ1) is 17.8. The SMILES string of the molecule is CCOc1ccc2c3c(-c4nc(N[C@@H](C)COC)ncc4C(F)(F)F)nn(C4CCCCO4)c3nn2c1. The lowest BCUT2D eigenvalue weighted by Gasteiger charge is -2.22. The van der Waals surface area contributed by atoms with Crippen molar-refractivity contribution < 1.29 is 27.4 Å². The Kier molecular flexibility index (Phi) is 6.90. The Morgan fingerprint density at radius 3 is 2.76 bits per heavy atom. The summed E-state index contributed by atoms with van der Waals surface area (Å²) in [4.78, 5) is 8.22. The van der Waals surface area contributed by atoms with Crippen molar-refractivity contribution in [2.24, 2.45) is 0 Å². The van der Waals surface area contributed by atoms with Gasteiger partial charge < -0.3 is 19.5 Å². The van der Waals surface area contributed by atoms with Gasteiger partial charge in [0.2, 0.25) is 5.95 Å². The fourth-order valence-corrected chi connectivity index (χ4v) is 4.50. The van der Waals surface area contributed by atoms with Gasteiger partial charge in [0.1, 0.15) is 22.7 Å². The third-order valence-electron chi connectivity index (χ3n) is 6.10. The number of fused-ring (bicyclic) bond motifs is 3. The molecule has 1 saturated heterocycles. The average molecular weight is 520 g/mol. The van der Waals surface area contributed by atoms with Gasteiger partial charge in [0.15, 0.2) is 11.9 Å². The van der Waals surface area contributed by atoms with Crippen molar-refractivity contribution in [1.82, 2.24) is 29.4 Å². The number of aromatic nitrogens is 6. The molecule has 5 rings (SSSR count). The van der Waals surface area contributed by atoms with Gasteiger partial charge in [-0.2, -0.15) is 18.3 Å². The molecule has 0 amide bonds. The second kappa shape index (κ2) is 10.1. The number of halogens is 3. The van der Waals surface area contributed by atoms with E-state index in [2.05, 4.69) is 25.5 Å². The van der Waals surface area contributed by atoms with Crippen molar-refractivity contribution >= 4 is 22.5 Å². The van der Waals surface area contributed by atoms with Crippen molar-refractivity contribution in [1.29, 1.82) is 0 Å². The Bertz CT molecular complexity index is 1400. The van der Waals surface area contributed by atoms with Gasteiger partial charge in [-0.05, 0) is 45.2 Å². The van der Waals surface area contributed by atoms with E-state index < -0.39 is 18.0 Å². The topological polar surface area (TPSA) is 101 Å². The summed E-state index contributed by atoms with van der Waals surface area (Å²) in [6, 6.07) is 3.28. The van der Waals surface area contributed by atoms with E-state index in [0.717, 1.165) is 19.0 Å². The molecule has 2 atom stereocenters. The normalized spacial score (nSPS) is 17.4. The second-order valence-electron chi connectivity index (χ2n) is 8.90. The molecule has 1 N–H and O–H groups in total. The van der Waals surface area contributed by atoms with Gasteiger partial charge in [-0.1, -0.05) is 0 Å². The number of rotatable bonds is 8. The Balaban J connectivity index is 1.74. The lowest BCUT2D eigenvalue weighted by atomic mass is 10.1. The van der Waals surface area contributed by atoms with Crippen LogP contribution < -0.4 is 10.1 Å². The summed E-state index contributed by atoms with van der Waals surface area (Å²) in [5.74, 6) is 0.631. The fourth-order valence-electron chi connectivity index (χ4n) is 4.50. The molecule has 5 heterocycles. The summed E-state index contributed by atoms with van der Waals surface area (Å²) >= 11 is 0. The molecular weight excluding hydrogens is 491 g/mol. The number of nitrogens with one attached hydrogen (secondary N) is 1. The van der Waals surface area contributed by atoms with E-state index in [1.807, 2.05) is 13.8 Å². The van der Waals surface area contributed by atoms with E-state index >= 15 is 0 Å². The number of hydrogen-bond donors (Lipinski definition) is 1. The highest BCUT2D eigenvalue weighted by Crippen LogP contribution is 2.40. The molecule has 4 aromatic rings. The Labute approximate surface area is 210 Å². The minimum absolute atomic E-state index is 0.0410. The standard InChI is InChI=1S/C24H28F3N7O3/c1-4-36-15-8-9-17-19-21(31-34(18-7-5-6-10-37-18)22(19)32-33(17)12-15)20-16(24(25,26)27)11-28-23(30-20)29-14(2)13-35-3/h8-9,11-12,14,18H,4-7,10,13H2,1-3H3,(H,28,29,30)/t14-,18?/m0/s1. The van der Waals surface area contributed by atoms with Gasteiger partial charge in [-0.25, -0.2) is 19.2 Å². The first-order valence-corrected chi connectivity index (χ1v) is 12.1. The number of alkyl halides is 3. The molecule has 1 aliphatic heterocycles. The Morgan fingerprint density at radius 1 is 1.22 bits per heavy atom. The summed E-state index contributed by atoms with van der Waals surface area (Å²) in [7, 11) is 1.54. The number of nitrogens with zero attached hydrogens (tertiary/aromatic N) is 6. The van der Waals surface area contributed by atoms with Crippen LogP contribution in [0.25, 0.3) is 27.9 Å². The van der Waals surface area contributed by atoms with Crippen LogP contribution >= 0.6 is 0 Å². The summed E-state index contributed by atoms with van der Waals surface area (Å²) in [5, 5.41) is 12.7. The van der Waals surface area contributed by atoms with Gasteiger partial charge in [-0.3, -0.25) is 0 Å². The first kappa shape index (κ1) is 25.2. The van der Waals surface area contributed by atoms with Crippen LogP contribution in [0, 0.1) is 0 Å². The fraction of sp³-hybridized carbons (Fsp3) is 0.500. The Morgan fingerprint density at radius 2 is 2.05 bits per heavy atom. The predicted molar refractivity (Wildman–Crippen MR) is 129 cm³/mol. The van der Waals surface area contributed by atoms with Gasteiger partial charge in [0.05, 0.1) is 30.3 Å². The summed E-state index contributed by atoms with van der Waals surface area (Å²) in [5.41, 5.74) is -0.286. The molecule has 198 valence electrons. The van der Waals surface area contributed by atoms with E-state index in [1.165, 1.54) is 7.11 Å². The minimum atomic E-state index is -4.70. The number of ether oxygens (including phenoxy) is 3. The number of hydrogen-bond acceptors (Lipinski definition) is 8. The van der Waals surface area contributed by atoms with Crippen molar-refractivity contribution in [2.75, 3.05) is 32.2 Å². The van der Waals surface area contributed by atoms with Gasteiger partial charge in [0.25, 0.3) is 0 Å². The molecule has 0 saturated carbocycles. The zero-order valence-corrected chi connectivity index (χ0v) is 20.7. The lowest BCUT2D eigenvalue weighted by molar-refractivity contribution is -0.137. The lowest BCUT2D eigenvalue weighted by Crippen LogP contribution is -2.23. The van der Waals surface area contributed by atoms with Crippen LogP contribution in [0.15, 0.2) is 24.5 Å². The predicted octanol–water partition coefficient (Wildman–Crippen LogP) is 4.70. The first-order valence-electron chi connectivity index (χ1n) is 12.1. The summed E-state index contributed by atoms with van der Waals surface area (Å²) in [6.07, 6.45) is -0.174. The number of methoxy groups -OCH3 is 1. The zero-order chi connectivity index (χ0) is 26.2. The maximum absolute atomic E-state index is 14.2. The minimum Gasteiger partial charge on any atom is -0.492 e. The molecule has 0 spiro atoms. The molecule has 1 fully saturated rings. The van der Waals surface area contributed by atoms with Crippen molar-refractivity contribution in [3.05, 3.63) is 30.1 Å². The van der Waals surface area contributed by atoms with E-state index in [-0.39, 0.29) is 23.4 Å². The highest BCUT2D eigenvalue weighted by molar-refractivity contribution is 6.03. The molecule has 0 radical (unpaired) electrons. The Hall–Kier alpha value is -3.45. The summed E-state index contributed by atoms with van der Waals surface area (Å²) in [6.45, 7) is 5.02. The average Bonchev–Trinajstić information content (AvgIpc) is 3.41. The third kappa shape index (κ3) is 4.92. The van der Waals surface area contributed by atoms with Crippen LogP contribution in [0.4, 0.5) is 19.1 Å². The smallest absolute Gasteiger partial charge is 0.420 e. The maximum Gasteiger partial charge on any atom is 0.420 e. The maximum atomic E-state index is 14.2. The second-order valence-corrected chi connectivity index (χ2v) is 8.90. The molecule has 0 aliphatic carbocycles. The molecule has 10 nitrogen and oxygen atoms in total. The van der Waals surface area contributed by atoms with Crippen LogP contribution in [0.1, 0.15) is 44.9 Å². The van der Waals surface area contributed by atoms with Gasteiger partial charge >= 0.3 is 6.18 Å². The van der Waals surface area contributed by atoms with Crippen LogP contribution in [0.2, 0.25) is 0 Å². The third-order valence-corrected chi connectivity index (χ3v) is 6.10.